The molecular formula is C8H9BrN2O2S. The second kappa shape index (κ2) is 3.22. The van der Waals surface area contributed by atoms with Gasteiger partial charge in [-0.2, -0.15) is 0 Å². The van der Waals surface area contributed by atoms with Gasteiger partial charge in [0.1, 0.15) is 0 Å². The number of benzene rings is 1. The Morgan fingerprint density at radius 3 is 2.79 bits per heavy atom. The van der Waals surface area contributed by atoms with Crippen LogP contribution in [0.5, 0.6) is 0 Å². The van der Waals surface area contributed by atoms with Gasteiger partial charge in [-0.1, -0.05) is 0 Å². The largest absolute Gasteiger partial charge is 0.384 e. The first-order valence-electron chi connectivity index (χ1n) is 4.07. The standard InChI is InChI=1S/C8H9BrN2O2S/c9-6-3-5-1-2-11-7(5)4-8(6)14(10,12)13/h3-4,11H,1-2H2,(H2,10,12,13). The zero-order valence-electron chi connectivity index (χ0n) is 7.25. The molecule has 0 spiro atoms. The number of halogens is 1. The maximum atomic E-state index is 11.2. The van der Waals surface area contributed by atoms with Crippen LogP contribution < -0.4 is 10.5 Å². The van der Waals surface area contributed by atoms with Crippen molar-refractivity contribution in [1.29, 1.82) is 0 Å². The molecule has 6 heteroatoms. The van der Waals surface area contributed by atoms with E-state index in [1.807, 2.05) is 0 Å². The number of rotatable bonds is 1. The van der Waals surface area contributed by atoms with E-state index in [4.69, 9.17) is 5.14 Å². The molecule has 1 aromatic carbocycles. The summed E-state index contributed by atoms with van der Waals surface area (Å²) >= 11 is 3.20. The lowest BCUT2D eigenvalue weighted by atomic mass is 10.2. The normalized spacial score (nSPS) is 15.0. The molecule has 1 aliphatic rings. The molecule has 4 nitrogen and oxygen atoms in total. The highest BCUT2D eigenvalue weighted by Crippen LogP contribution is 2.31. The Labute approximate surface area is 90.7 Å². The molecule has 0 fully saturated rings. The van der Waals surface area contributed by atoms with E-state index in [1.54, 1.807) is 12.1 Å². The average Bonchev–Trinajstić information content (AvgIpc) is 2.47. The molecule has 0 unspecified atom stereocenters. The summed E-state index contributed by atoms with van der Waals surface area (Å²) in [6, 6.07) is 3.37. The smallest absolute Gasteiger partial charge is 0.239 e. The van der Waals surface area contributed by atoms with Crippen LogP contribution in [0.4, 0.5) is 5.69 Å². The Balaban J connectivity index is 2.65. The first kappa shape index (κ1) is 9.95. The first-order valence-corrected chi connectivity index (χ1v) is 6.41. The van der Waals surface area contributed by atoms with Crippen LogP contribution in [-0.2, 0) is 16.4 Å². The number of nitrogens with two attached hydrogens (primary N) is 1. The molecule has 0 aromatic heterocycles. The Hall–Kier alpha value is -0.590. The average molecular weight is 277 g/mol. The van der Waals surface area contributed by atoms with Crippen LogP contribution in [-0.4, -0.2) is 15.0 Å². The van der Waals surface area contributed by atoms with Crippen molar-refractivity contribution in [1.82, 2.24) is 0 Å². The van der Waals surface area contributed by atoms with Crippen LogP contribution in [0, 0.1) is 0 Å². The minimum absolute atomic E-state index is 0.130. The van der Waals surface area contributed by atoms with Crippen molar-refractivity contribution in [2.75, 3.05) is 11.9 Å². The van der Waals surface area contributed by atoms with Crippen molar-refractivity contribution in [2.45, 2.75) is 11.3 Å². The number of sulfonamides is 1. The number of primary sulfonamides is 1. The SMILES string of the molecule is NS(=O)(=O)c1cc2c(cc1Br)CCN2. The molecule has 2 rings (SSSR count). The van der Waals surface area contributed by atoms with Crippen LogP contribution >= 0.6 is 15.9 Å². The summed E-state index contributed by atoms with van der Waals surface area (Å²) in [5.41, 5.74) is 1.97. The van der Waals surface area contributed by atoms with Crippen molar-refractivity contribution in [3.05, 3.63) is 22.2 Å². The molecule has 0 radical (unpaired) electrons. The van der Waals surface area contributed by atoms with Crippen LogP contribution in [0.3, 0.4) is 0 Å². The Kier molecular flexibility index (Phi) is 2.29. The fraction of sp³-hybridized carbons (Fsp3) is 0.250. The molecule has 3 N–H and O–H groups in total. The molecule has 0 aliphatic carbocycles. The van der Waals surface area contributed by atoms with E-state index < -0.39 is 10.0 Å². The van der Waals surface area contributed by atoms with Crippen molar-refractivity contribution >= 4 is 31.6 Å². The maximum absolute atomic E-state index is 11.2. The minimum atomic E-state index is -3.64. The van der Waals surface area contributed by atoms with E-state index in [2.05, 4.69) is 21.2 Å². The maximum Gasteiger partial charge on any atom is 0.239 e. The van der Waals surface area contributed by atoms with Crippen LogP contribution in [0.2, 0.25) is 0 Å². The van der Waals surface area contributed by atoms with E-state index >= 15 is 0 Å². The van der Waals surface area contributed by atoms with Gasteiger partial charge in [-0.25, -0.2) is 13.6 Å². The van der Waals surface area contributed by atoms with E-state index in [0.717, 1.165) is 24.2 Å². The van der Waals surface area contributed by atoms with Gasteiger partial charge in [0.25, 0.3) is 0 Å². The highest BCUT2D eigenvalue weighted by Gasteiger charge is 2.18. The van der Waals surface area contributed by atoms with Crippen molar-refractivity contribution < 1.29 is 8.42 Å². The Bertz CT molecular complexity index is 484. The third-order valence-electron chi connectivity index (χ3n) is 2.17. The van der Waals surface area contributed by atoms with Crippen molar-refractivity contribution in [3.8, 4) is 0 Å². The summed E-state index contributed by atoms with van der Waals surface area (Å²) < 4.78 is 22.9. The molecule has 1 aromatic rings. The van der Waals surface area contributed by atoms with Gasteiger partial charge < -0.3 is 5.32 Å². The van der Waals surface area contributed by atoms with Crippen molar-refractivity contribution in [3.63, 3.8) is 0 Å². The number of anilines is 1. The number of hydrogen-bond donors (Lipinski definition) is 2. The lowest BCUT2D eigenvalue weighted by Gasteiger charge is -2.05. The van der Waals surface area contributed by atoms with Gasteiger partial charge in [-0.15, -0.1) is 0 Å². The Morgan fingerprint density at radius 2 is 2.14 bits per heavy atom. The number of nitrogens with one attached hydrogen (secondary N) is 1. The Morgan fingerprint density at radius 1 is 1.43 bits per heavy atom. The topological polar surface area (TPSA) is 72.2 Å². The summed E-state index contributed by atoms with van der Waals surface area (Å²) in [7, 11) is -3.64. The molecule has 0 saturated carbocycles. The summed E-state index contributed by atoms with van der Waals surface area (Å²) in [5.74, 6) is 0. The minimum Gasteiger partial charge on any atom is -0.384 e. The van der Waals surface area contributed by atoms with Crippen molar-refractivity contribution in [2.24, 2.45) is 5.14 Å². The van der Waals surface area contributed by atoms with Gasteiger partial charge in [0.2, 0.25) is 10.0 Å². The predicted octanol–water partition coefficient (Wildman–Crippen LogP) is 1.06. The number of hydrogen-bond acceptors (Lipinski definition) is 3. The lowest BCUT2D eigenvalue weighted by Crippen LogP contribution is -2.13. The summed E-state index contributed by atoms with van der Waals surface area (Å²) in [4.78, 5) is 0.130. The van der Waals surface area contributed by atoms with Crippen LogP contribution in [0.15, 0.2) is 21.5 Å². The van der Waals surface area contributed by atoms with Gasteiger partial charge in [-0.3, -0.25) is 0 Å². The van der Waals surface area contributed by atoms with E-state index in [-0.39, 0.29) is 4.90 Å². The molecule has 0 bridgehead atoms. The van der Waals surface area contributed by atoms with Gasteiger partial charge in [0, 0.05) is 16.7 Å². The van der Waals surface area contributed by atoms with Crippen LogP contribution in [0.1, 0.15) is 5.56 Å². The lowest BCUT2D eigenvalue weighted by molar-refractivity contribution is 0.597. The third-order valence-corrected chi connectivity index (χ3v) is 4.04. The van der Waals surface area contributed by atoms with E-state index in [9.17, 15) is 8.42 Å². The van der Waals surface area contributed by atoms with Gasteiger partial charge >= 0.3 is 0 Å². The first-order chi connectivity index (χ1) is 6.48. The zero-order valence-corrected chi connectivity index (χ0v) is 9.65. The quantitative estimate of drug-likeness (QED) is 0.806. The zero-order chi connectivity index (χ0) is 10.3. The van der Waals surface area contributed by atoms with Crippen LogP contribution in [0.25, 0.3) is 0 Å². The molecule has 14 heavy (non-hydrogen) atoms. The predicted molar refractivity (Wildman–Crippen MR) is 57.7 cm³/mol. The molecule has 1 aliphatic heterocycles. The summed E-state index contributed by atoms with van der Waals surface area (Å²) in [6.45, 7) is 0.843. The number of fused-ring (bicyclic) bond motifs is 1. The molecule has 0 saturated heterocycles. The second-order valence-corrected chi connectivity index (χ2v) is 5.55. The monoisotopic (exact) mass is 276 g/mol. The van der Waals surface area contributed by atoms with Gasteiger partial charge in [0.15, 0.2) is 0 Å². The molecular weight excluding hydrogens is 268 g/mol. The molecule has 0 atom stereocenters. The third kappa shape index (κ3) is 1.65. The molecule has 0 amide bonds. The van der Waals surface area contributed by atoms with Gasteiger partial charge in [0.05, 0.1) is 4.90 Å². The van der Waals surface area contributed by atoms with E-state index in [0.29, 0.717) is 4.47 Å². The highest BCUT2D eigenvalue weighted by atomic mass is 79.9. The van der Waals surface area contributed by atoms with Gasteiger partial charge in [-0.05, 0) is 40.0 Å². The fourth-order valence-electron chi connectivity index (χ4n) is 1.52. The summed E-state index contributed by atoms with van der Waals surface area (Å²) in [5, 5.41) is 8.17. The second-order valence-electron chi connectivity index (χ2n) is 3.16. The fourth-order valence-corrected chi connectivity index (χ4v) is 3.20. The summed E-state index contributed by atoms with van der Waals surface area (Å²) in [6.07, 6.45) is 0.916. The van der Waals surface area contributed by atoms with E-state index in [1.165, 1.54) is 0 Å². The molecule has 1 heterocycles. The highest BCUT2D eigenvalue weighted by molar-refractivity contribution is 9.10. The molecule has 76 valence electrons.